The Kier molecular flexibility index (Phi) is 30.9. The van der Waals surface area contributed by atoms with Crippen molar-refractivity contribution in [1.82, 2.24) is 0 Å². The molecule has 4 nitrogen and oxygen atoms in total. The quantitative estimate of drug-likeness (QED) is 0.0336. The Bertz CT molecular complexity index is 511. The number of carbonyl (C=O) groups excluding carboxylic acids is 2. The number of rotatable bonds is 30. The first kappa shape index (κ1) is 37.7. The van der Waals surface area contributed by atoms with Crippen molar-refractivity contribution in [2.45, 2.75) is 187 Å². The van der Waals surface area contributed by atoms with Crippen molar-refractivity contribution < 1.29 is 19.1 Å². The third-order valence-corrected chi connectivity index (χ3v) is 8.35. The number of unbranched alkanes of at least 4 members (excludes halogenated alkanes) is 22. The Morgan fingerprint density at radius 1 is 0.500 bits per heavy atom. The lowest BCUT2D eigenvalue weighted by Crippen LogP contribution is -2.26. The second-order valence-corrected chi connectivity index (χ2v) is 12.1. The molecule has 0 rings (SSSR count). The zero-order chi connectivity index (χ0) is 27.9. The molecule has 0 aromatic heterocycles. The fraction of sp³-hybridized carbons (Fsp3) is 0.939. The highest BCUT2D eigenvalue weighted by Gasteiger charge is 2.15. The van der Waals surface area contributed by atoms with Crippen LogP contribution in [0.15, 0.2) is 0 Å². The Balaban J connectivity index is 3.52. The van der Waals surface area contributed by atoms with Crippen molar-refractivity contribution in [1.29, 1.82) is 0 Å². The highest BCUT2D eigenvalue weighted by Crippen LogP contribution is 2.15. The van der Waals surface area contributed by atoms with Gasteiger partial charge in [0.25, 0.3) is 0 Å². The Labute approximate surface area is 250 Å². The second kappa shape index (κ2) is 31.2. The third kappa shape index (κ3) is 28.7. The van der Waals surface area contributed by atoms with Crippen LogP contribution in [-0.2, 0) is 19.1 Å². The van der Waals surface area contributed by atoms with E-state index in [1.165, 1.54) is 128 Å². The maximum Gasteiger partial charge on any atom is 0.306 e. The van der Waals surface area contributed by atoms with E-state index in [2.05, 4.69) is 36.4 Å². The summed E-state index contributed by atoms with van der Waals surface area (Å²) in [6, 6.07) is 0. The fourth-order valence-electron chi connectivity index (χ4n) is 4.83. The van der Waals surface area contributed by atoms with Gasteiger partial charge in [-0.25, -0.2) is 0 Å². The lowest BCUT2D eigenvalue weighted by atomic mass is 10.0. The molecule has 0 aliphatic heterocycles. The molecule has 0 unspecified atom stereocenters. The lowest BCUT2D eigenvalue weighted by molar-refractivity contribution is -0.157. The summed E-state index contributed by atoms with van der Waals surface area (Å²) in [6.45, 7) is 4.70. The summed E-state index contributed by atoms with van der Waals surface area (Å²) in [7, 11) is 0. The third-order valence-electron chi connectivity index (χ3n) is 7.37. The average Bonchev–Trinajstić information content (AvgIpc) is 2.92. The van der Waals surface area contributed by atoms with E-state index in [0.29, 0.717) is 17.3 Å². The summed E-state index contributed by atoms with van der Waals surface area (Å²) in [5.74, 6) is -0.322. The summed E-state index contributed by atoms with van der Waals surface area (Å²) in [5.41, 5.74) is 0. The molecule has 0 bridgehead atoms. The Hall–Kier alpha value is -0.330. The van der Waals surface area contributed by atoms with Gasteiger partial charge in [0.1, 0.15) is 12.7 Å². The predicted octanol–water partition coefficient (Wildman–Crippen LogP) is 11.1. The first-order valence-electron chi connectivity index (χ1n) is 16.5. The van der Waals surface area contributed by atoms with Crippen LogP contribution >= 0.6 is 22.6 Å². The normalized spacial score (nSPS) is 12.0. The molecule has 0 amide bonds. The minimum atomic E-state index is -0.327. The van der Waals surface area contributed by atoms with Crippen molar-refractivity contribution >= 4 is 34.5 Å². The van der Waals surface area contributed by atoms with Gasteiger partial charge in [-0.1, -0.05) is 178 Å². The van der Waals surface area contributed by atoms with Crippen molar-refractivity contribution in [3.8, 4) is 0 Å². The summed E-state index contributed by atoms with van der Waals surface area (Å²) in [6.07, 6.45) is 31.4. The van der Waals surface area contributed by atoms with E-state index in [1.807, 2.05) is 0 Å². The number of hydrogen-bond acceptors (Lipinski definition) is 4. The molecule has 0 aromatic rings. The molecule has 0 aliphatic rings. The van der Waals surface area contributed by atoms with Crippen molar-refractivity contribution in [2.75, 3.05) is 11.0 Å². The molecule has 0 fully saturated rings. The predicted molar refractivity (Wildman–Crippen MR) is 171 cm³/mol. The molecule has 0 radical (unpaired) electrons. The fourth-order valence-corrected chi connectivity index (χ4v) is 5.27. The molecule has 0 aliphatic carbocycles. The molecule has 0 heterocycles. The van der Waals surface area contributed by atoms with E-state index in [1.54, 1.807) is 0 Å². The van der Waals surface area contributed by atoms with Crippen LogP contribution in [0.3, 0.4) is 0 Å². The molecule has 0 saturated carbocycles. The summed E-state index contributed by atoms with van der Waals surface area (Å²) < 4.78 is 11.6. The molecule has 0 aromatic carbocycles. The second-order valence-electron chi connectivity index (χ2n) is 11.2. The van der Waals surface area contributed by atoms with Gasteiger partial charge in [0.15, 0.2) is 0 Å². The monoisotopic (exact) mass is 650 g/mol. The van der Waals surface area contributed by atoms with Gasteiger partial charge in [-0.2, -0.15) is 0 Å². The molecule has 226 valence electrons. The van der Waals surface area contributed by atoms with Crippen LogP contribution in [0.2, 0.25) is 0 Å². The zero-order valence-electron chi connectivity index (χ0n) is 25.4. The summed E-state index contributed by atoms with van der Waals surface area (Å²) in [4.78, 5) is 24.2. The van der Waals surface area contributed by atoms with E-state index in [9.17, 15) is 9.59 Å². The number of halogens is 1. The zero-order valence-corrected chi connectivity index (χ0v) is 27.5. The summed E-state index contributed by atoms with van der Waals surface area (Å²) >= 11 is 2.20. The van der Waals surface area contributed by atoms with Crippen LogP contribution in [0.1, 0.15) is 181 Å². The van der Waals surface area contributed by atoms with Crippen LogP contribution < -0.4 is 0 Å². The van der Waals surface area contributed by atoms with Crippen molar-refractivity contribution in [2.24, 2.45) is 0 Å². The molecular formula is C33H63IO4. The first-order chi connectivity index (χ1) is 18.6. The van der Waals surface area contributed by atoms with Crippen molar-refractivity contribution in [3.05, 3.63) is 0 Å². The van der Waals surface area contributed by atoms with Crippen LogP contribution in [0.4, 0.5) is 0 Å². The van der Waals surface area contributed by atoms with Crippen molar-refractivity contribution in [3.63, 3.8) is 0 Å². The standard InChI is InChI=1S/C33H63IO4/c1-3-5-7-9-11-13-14-15-16-17-18-20-21-23-25-27-32(35)37-30-31(29-34)38-33(36)28-26-24-22-19-12-10-8-6-4-2/h31H,3-30H2,1-2H3/t31-/m0/s1. The van der Waals surface area contributed by atoms with Crippen LogP contribution in [-0.4, -0.2) is 29.1 Å². The molecule has 38 heavy (non-hydrogen) atoms. The number of ether oxygens (including phenoxy) is 2. The highest BCUT2D eigenvalue weighted by atomic mass is 127. The Morgan fingerprint density at radius 2 is 0.816 bits per heavy atom. The molecule has 1 atom stereocenters. The molecule has 0 N–H and O–H groups in total. The number of hydrogen-bond donors (Lipinski definition) is 0. The minimum Gasteiger partial charge on any atom is -0.462 e. The minimum absolute atomic E-state index is 0.159. The maximum absolute atomic E-state index is 12.1. The van der Waals surface area contributed by atoms with E-state index in [4.69, 9.17) is 9.47 Å². The first-order valence-corrected chi connectivity index (χ1v) is 18.1. The highest BCUT2D eigenvalue weighted by molar-refractivity contribution is 14.1. The van der Waals surface area contributed by atoms with Crippen LogP contribution in [0, 0.1) is 0 Å². The smallest absolute Gasteiger partial charge is 0.306 e. The SMILES string of the molecule is CCCCCCCCCCCCCCCCCC(=O)OC[C@H](CI)OC(=O)CCCCCCCCCCC. The average molecular weight is 651 g/mol. The van der Waals surface area contributed by atoms with E-state index >= 15 is 0 Å². The summed E-state index contributed by atoms with van der Waals surface area (Å²) in [5, 5.41) is 0. The Morgan fingerprint density at radius 3 is 1.16 bits per heavy atom. The van der Waals surface area contributed by atoms with Gasteiger partial charge < -0.3 is 9.47 Å². The number of carbonyl (C=O) groups is 2. The molecule has 5 heteroatoms. The van der Waals surface area contributed by atoms with Gasteiger partial charge in [-0.05, 0) is 12.8 Å². The van der Waals surface area contributed by atoms with E-state index < -0.39 is 0 Å². The van der Waals surface area contributed by atoms with Gasteiger partial charge in [-0.3, -0.25) is 9.59 Å². The van der Waals surface area contributed by atoms with Gasteiger partial charge in [0.05, 0.1) is 0 Å². The molecule has 0 saturated heterocycles. The van der Waals surface area contributed by atoms with Gasteiger partial charge in [0.2, 0.25) is 0 Å². The largest absolute Gasteiger partial charge is 0.462 e. The topological polar surface area (TPSA) is 52.6 Å². The van der Waals surface area contributed by atoms with Crippen LogP contribution in [0.5, 0.6) is 0 Å². The van der Waals surface area contributed by atoms with Gasteiger partial charge in [0, 0.05) is 17.3 Å². The van der Waals surface area contributed by atoms with Gasteiger partial charge >= 0.3 is 11.9 Å². The van der Waals surface area contributed by atoms with E-state index in [-0.39, 0.29) is 24.6 Å². The molecular weight excluding hydrogens is 587 g/mol. The number of esters is 2. The number of alkyl halides is 1. The maximum atomic E-state index is 12.1. The molecule has 0 spiro atoms. The lowest BCUT2D eigenvalue weighted by Gasteiger charge is -2.15. The van der Waals surface area contributed by atoms with E-state index in [0.717, 1.165) is 25.7 Å². The van der Waals surface area contributed by atoms with Gasteiger partial charge in [-0.15, -0.1) is 0 Å². The van der Waals surface area contributed by atoms with Crippen LogP contribution in [0.25, 0.3) is 0 Å².